The Balaban J connectivity index is 1.90. The number of aliphatic hydroxyl groups is 1. The van der Waals surface area contributed by atoms with Gasteiger partial charge in [0.25, 0.3) is 0 Å². The number of para-hydroxylation sites is 1. The first-order chi connectivity index (χ1) is 33.9. The lowest BCUT2D eigenvalue weighted by Gasteiger charge is -2.30. The molecule has 0 aliphatic heterocycles. The Hall–Kier alpha value is -7.41. The summed E-state index contributed by atoms with van der Waals surface area (Å²) in [6.07, 6.45) is 3.48. The molecular weight excluding hydrogens is 941 g/mol. The Morgan fingerprint density at radius 1 is 0.625 bits per heavy atom. The molecule has 3 rings (SSSR count). The number of nitrogens with two attached hydrogens (primary N) is 1. The van der Waals surface area contributed by atoms with E-state index in [0.29, 0.717) is 28.6 Å². The van der Waals surface area contributed by atoms with E-state index in [1.165, 1.54) is 12.5 Å². The third-order valence-electron chi connectivity index (χ3n) is 11.9. The van der Waals surface area contributed by atoms with Crippen molar-refractivity contribution in [2.24, 2.45) is 29.4 Å². The summed E-state index contributed by atoms with van der Waals surface area (Å²) in [5.41, 5.74) is 7.59. The molecule has 72 heavy (non-hydrogen) atoms. The van der Waals surface area contributed by atoms with E-state index in [9.17, 15) is 63.3 Å². The van der Waals surface area contributed by atoms with E-state index in [1.807, 2.05) is 0 Å². The molecule has 0 saturated carbocycles. The van der Waals surface area contributed by atoms with Crippen molar-refractivity contribution in [2.75, 3.05) is 13.2 Å². The van der Waals surface area contributed by atoms with E-state index in [2.05, 4.69) is 57.5 Å². The minimum atomic E-state index is -1.64. The van der Waals surface area contributed by atoms with Gasteiger partial charge >= 0.3 is 11.9 Å². The molecule has 0 radical (unpaired) electrons. The van der Waals surface area contributed by atoms with Gasteiger partial charge in [-0.1, -0.05) is 80.0 Å². The van der Waals surface area contributed by atoms with Gasteiger partial charge in [-0.3, -0.25) is 43.2 Å². The number of carboxylic acid groups (broad SMARTS) is 2. The predicted molar refractivity (Wildman–Crippen MR) is 260 cm³/mol. The summed E-state index contributed by atoms with van der Waals surface area (Å²) in [7, 11) is 0. The minimum Gasteiger partial charge on any atom is -0.481 e. The van der Waals surface area contributed by atoms with Gasteiger partial charge in [-0.15, -0.1) is 0 Å². The molecule has 15 N–H and O–H groups in total. The SMILES string of the molecule is CC[C@H](C)[C@H](NC(=O)[C@H](CC(=O)O)NC(=O)[C@@H](N)C(C)C)C(=O)N[C@@H](Cc1cnc[nH]1)C(=O)N[C@H](C(=O)N[C@@H](Cc1c[nH]c2ccccc12)C(=O)N[C@@H](CO)C(=O)NCC(=O)N[C@H](C(=O)O)C(C)C)C(C)C. The van der Waals surface area contributed by atoms with Crippen LogP contribution >= 0.6 is 0 Å². The number of rotatable bonds is 29. The monoisotopic (exact) mass is 1010 g/mol. The fraction of sp³-hybridized carbons (Fsp3) is 0.553. The summed E-state index contributed by atoms with van der Waals surface area (Å²) in [6, 6.07) is -4.11. The smallest absolute Gasteiger partial charge is 0.326 e. The number of nitrogens with zero attached hydrogens (tertiary/aromatic N) is 1. The number of H-pyrrole nitrogens is 2. The molecule has 0 unspecified atom stereocenters. The number of amides is 8. The molecule has 0 saturated heterocycles. The van der Waals surface area contributed by atoms with Gasteiger partial charge in [0.1, 0.15) is 42.3 Å². The van der Waals surface area contributed by atoms with Gasteiger partial charge in [0.15, 0.2) is 0 Å². The number of carbonyl (C=O) groups is 10. The summed E-state index contributed by atoms with van der Waals surface area (Å²) in [4.78, 5) is 142. The number of aliphatic hydroxyl groups excluding tert-OH is 1. The first kappa shape index (κ1) is 58.9. The van der Waals surface area contributed by atoms with E-state index in [0.717, 1.165) is 0 Å². The van der Waals surface area contributed by atoms with E-state index < -0.39 is 145 Å². The van der Waals surface area contributed by atoms with Crippen LogP contribution in [0.1, 0.15) is 79.5 Å². The van der Waals surface area contributed by atoms with Crippen LogP contribution in [0.2, 0.25) is 0 Å². The van der Waals surface area contributed by atoms with Gasteiger partial charge in [-0.2, -0.15) is 0 Å². The van der Waals surface area contributed by atoms with Crippen LogP contribution in [0.4, 0.5) is 0 Å². The van der Waals surface area contributed by atoms with Gasteiger partial charge in [0.05, 0.1) is 31.9 Å². The molecule has 0 aliphatic rings. The number of carbonyl (C=O) groups excluding carboxylic acids is 8. The summed E-state index contributed by atoms with van der Waals surface area (Å²) in [5, 5.41) is 49.7. The quantitative estimate of drug-likeness (QED) is 0.0361. The Bertz CT molecular complexity index is 2370. The highest BCUT2D eigenvalue weighted by Gasteiger charge is 2.37. The van der Waals surface area contributed by atoms with Crippen molar-refractivity contribution in [3.05, 3.63) is 54.2 Å². The van der Waals surface area contributed by atoms with Gasteiger partial charge < -0.3 is 73.6 Å². The van der Waals surface area contributed by atoms with Crippen LogP contribution < -0.4 is 48.3 Å². The lowest BCUT2D eigenvalue weighted by atomic mass is 9.96. The first-order valence-corrected chi connectivity index (χ1v) is 23.6. The van der Waals surface area contributed by atoms with Crippen LogP contribution in [0.25, 0.3) is 10.9 Å². The summed E-state index contributed by atoms with van der Waals surface area (Å²) in [6.45, 7) is 11.4. The molecular formula is C47H70N12O13. The molecule has 0 bridgehead atoms. The maximum Gasteiger partial charge on any atom is 0.326 e. The maximum atomic E-state index is 14.3. The lowest BCUT2D eigenvalue weighted by Crippen LogP contribution is -2.62. The highest BCUT2D eigenvalue weighted by Crippen LogP contribution is 2.20. The zero-order chi connectivity index (χ0) is 54.0. The zero-order valence-electron chi connectivity index (χ0n) is 41.7. The number of fused-ring (bicyclic) bond motifs is 1. The summed E-state index contributed by atoms with van der Waals surface area (Å²) >= 11 is 0. The van der Waals surface area contributed by atoms with Crippen LogP contribution in [0.3, 0.4) is 0 Å². The number of aromatic amines is 2. The zero-order valence-corrected chi connectivity index (χ0v) is 41.7. The van der Waals surface area contributed by atoms with Gasteiger partial charge in [0, 0.05) is 41.8 Å². The van der Waals surface area contributed by atoms with Crippen LogP contribution in [0, 0.1) is 23.7 Å². The van der Waals surface area contributed by atoms with Crippen molar-refractivity contribution < 1.29 is 63.3 Å². The largest absolute Gasteiger partial charge is 0.481 e. The van der Waals surface area contributed by atoms with E-state index >= 15 is 0 Å². The summed E-state index contributed by atoms with van der Waals surface area (Å²) in [5.74, 6) is -12.0. The van der Waals surface area contributed by atoms with Crippen LogP contribution in [-0.2, 0) is 60.8 Å². The molecule has 2 aromatic heterocycles. The molecule has 25 nitrogen and oxygen atoms in total. The lowest BCUT2D eigenvalue weighted by molar-refractivity contribution is -0.143. The van der Waals surface area contributed by atoms with Crippen molar-refractivity contribution in [2.45, 2.75) is 129 Å². The molecule has 0 fully saturated rings. The number of benzene rings is 1. The molecule has 3 aromatic rings. The van der Waals surface area contributed by atoms with Crippen molar-refractivity contribution in [1.82, 2.24) is 57.5 Å². The predicted octanol–water partition coefficient (Wildman–Crippen LogP) is -1.92. The Morgan fingerprint density at radius 2 is 1.18 bits per heavy atom. The molecule has 0 spiro atoms. The van der Waals surface area contributed by atoms with Gasteiger partial charge in [-0.05, 0) is 35.3 Å². The number of aliphatic carboxylic acids is 2. The molecule has 0 aliphatic carbocycles. The Morgan fingerprint density at radius 3 is 1.74 bits per heavy atom. The average molecular weight is 1010 g/mol. The molecule has 2 heterocycles. The fourth-order valence-electron chi connectivity index (χ4n) is 7.27. The van der Waals surface area contributed by atoms with Gasteiger partial charge in [0.2, 0.25) is 47.3 Å². The fourth-order valence-corrected chi connectivity index (χ4v) is 7.27. The number of nitrogens with one attached hydrogen (secondary N) is 10. The van der Waals surface area contributed by atoms with E-state index in [-0.39, 0.29) is 18.8 Å². The average Bonchev–Trinajstić information content (AvgIpc) is 4.00. The Kier molecular flexibility index (Phi) is 22.8. The number of carboxylic acids is 2. The number of hydrogen-bond acceptors (Lipinski definition) is 13. The van der Waals surface area contributed by atoms with Crippen molar-refractivity contribution in [3.8, 4) is 0 Å². The van der Waals surface area contributed by atoms with Crippen LogP contribution in [0.15, 0.2) is 43.0 Å². The van der Waals surface area contributed by atoms with Crippen molar-refractivity contribution in [3.63, 3.8) is 0 Å². The second-order valence-corrected chi connectivity index (χ2v) is 18.6. The highest BCUT2D eigenvalue weighted by atomic mass is 16.4. The van der Waals surface area contributed by atoms with Crippen LogP contribution in [-0.4, -0.2) is 151 Å². The maximum absolute atomic E-state index is 14.3. The highest BCUT2D eigenvalue weighted by molar-refractivity contribution is 5.99. The first-order valence-electron chi connectivity index (χ1n) is 23.6. The van der Waals surface area contributed by atoms with Crippen molar-refractivity contribution in [1.29, 1.82) is 0 Å². The molecule has 396 valence electrons. The minimum absolute atomic E-state index is 0.170. The number of imidazole rings is 1. The normalized spacial score (nSPS) is 15.1. The standard InChI is InChI=1S/C47H70N12O13/c1-9-25(8)39(59-43(67)32(16-35(62)63)53-44(68)36(48)22(2)3)46(70)55-31(15-27-18-49-21-52-27)42(66)58-37(23(4)5)45(69)54-30(14-26-17-50-29-13-11-10-12-28(26)29)41(65)56-33(20-60)40(64)51-19-34(61)57-38(24(6)7)47(71)72/h10-13,17-18,21-25,30-33,36-39,50,60H,9,14-16,19-20,48H2,1-8H3,(H,49,52)(H,51,64)(H,53,68)(H,54,69)(H,55,70)(H,56,65)(H,57,61)(H,58,66)(H,59,67)(H,62,63)(H,71,72)/t25-,30-,31-,32-,33-,36-,37-,38-,39-/m0/s1. The topological polar surface area (TPSA) is 398 Å². The van der Waals surface area contributed by atoms with Crippen LogP contribution in [0.5, 0.6) is 0 Å². The molecule has 9 atom stereocenters. The molecule has 1 aromatic carbocycles. The number of aromatic nitrogens is 3. The van der Waals surface area contributed by atoms with Gasteiger partial charge in [-0.25, -0.2) is 9.78 Å². The summed E-state index contributed by atoms with van der Waals surface area (Å²) < 4.78 is 0. The molecule has 8 amide bonds. The third kappa shape index (κ3) is 17.5. The van der Waals surface area contributed by atoms with Crippen molar-refractivity contribution >= 4 is 70.1 Å². The second-order valence-electron chi connectivity index (χ2n) is 18.6. The Labute approximate surface area is 416 Å². The molecule has 25 heteroatoms. The second kappa shape index (κ2) is 27.8. The number of hydrogen-bond donors (Lipinski definition) is 14. The third-order valence-corrected chi connectivity index (χ3v) is 11.9. The van der Waals surface area contributed by atoms with E-state index in [1.54, 1.807) is 85.9 Å². The van der Waals surface area contributed by atoms with E-state index in [4.69, 9.17) is 5.73 Å².